The number of hydrogen-bond acceptors (Lipinski definition) is 6. The van der Waals surface area contributed by atoms with Crippen LogP contribution in [0.1, 0.15) is 37.9 Å². The first-order valence-corrected chi connectivity index (χ1v) is 12.8. The predicted octanol–water partition coefficient (Wildman–Crippen LogP) is 6.10. The highest BCUT2D eigenvalue weighted by Gasteiger charge is 2.19. The first kappa shape index (κ1) is 22.6. The van der Waals surface area contributed by atoms with Crippen molar-refractivity contribution in [3.8, 4) is 11.3 Å². The number of nitrogens with zero attached hydrogens (tertiary/aromatic N) is 4. The van der Waals surface area contributed by atoms with Gasteiger partial charge in [0.25, 0.3) is 0 Å². The minimum Gasteiger partial charge on any atom is -0.309 e. The van der Waals surface area contributed by atoms with Crippen LogP contribution in [0.5, 0.6) is 0 Å². The van der Waals surface area contributed by atoms with Crippen LogP contribution in [0.3, 0.4) is 0 Å². The molecule has 3 aromatic rings. The molecule has 1 amide bonds. The Bertz CT molecular complexity index is 1060. The van der Waals surface area contributed by atoms with Crippen molar-refractivity contribution in [1.29, 1.82) is 0 Å². The van der Waals surface area contributed by atoms with Crippen LogP contribution in [0, 0.1) is 5.92 Å². The smallest absolute Gasteiger partial charge is 0.236 e. The highest BCUT2D eigenvalue weighted by atomic mass is 35.5. The fraction of sp³-hybridized carbons (Fsp3) is 0.429. The van der Waals surface area contributed by atoms with Crippen LogP contribution in [0.15, 0.2) is 28.7 Å². The normalized spacial score (nSPS) is 14.7. The lowest BCUT2D eigenvalue weighted by Crippen LogP contribution is -2.15. The average molecular weight is 496 g/mol. The quantitative estimate of drug-likeness (QED) is 0.400. The summed E-state index contributed by atoms with van der Waals surface area (Å²) in [5.41, 5.74) is 1.48. The monoisotopic (exact) mass is 495 g/mol. The van der Waals surface area contributed by atoms with Gasteiger partial charge in [-0.1, -0.05) is 67.1 Å². The molecule has 0 bridgehead atoms. The van der Waals surface area contributed by atoms with E-state index in [9.17, 15) is 4.79 Å². The maximum atomic E-state index is 12.4. The van der Waals surface area contributed by atoms with Gasteiger partial charge in [0.15, 0.2) is 10.3 Å². The number of thioether (sulfide) groups is 1. The number of thiazole rings is 1. The van der Waals surface area contributed by atoms with Gasteiger partial charge in [-0.3, -0.25) is 4.79 Å². The first-order chi connectivity index (χ1) is 15.0. The van der Waals surface area contributed by atoms with Gasteiger partial charge >= 0.3 is 0 Å². The minimum absolute atomic E-state index is 0.134. The molecule has 164 valence electrons. The number of halogens is 2. The van der Waals surface area contributed by atoms with Gasteiger partial charge in [-0.15, -0.1) is 21.5 Å². The molecule has 0 unspecified atom stereocenters. The lowest BCUT2D eigenvalue weighted by atomic mass is 9.87. The largest absolute Gasteiger partial charge is 0.309 e. The molecule has 0 aliphatic heterocycles. The summed E-state index contributed by atoms with van der Waals surface area (Å²) in [7, 11) is 1.97. The van der Waals surface area contributed by atoms with Crippen molar-refractivity contribution >= 4 is 57.3 Å². The molecule has 1 fully saturated rings. The highest BCUT2D eigenvalue weighted by molar-refractivity contribution is 7.99. The summed E-state index contributed by atoms with van der Waals surface area (Å²) in [6, 6.07) is 5.26. The lowest BCUT2D eigenvalue weighted by molar-refractivity contribution is -0.113. The Kier molecular flexibility index (Phi) is 7.53. The van der Waals surface area contributed by atoms with E-state index in [1.165, 1.54) is 55.2 Å². The molecule has 1 aliphatic carbocycles. The Morgan fingerprint density at radius 3 is 2.84 bits per heavy atom. The lowest BCUT2D eigenvalue weighted by Gasteiger charge is -2.20. The third-order valence-corrected chi connectivity index (χ3v) is 7.74. The van der Waals surface area contributed by atoms with Crippen LogP contribution in [-0.4, -0.2) is 31.4 Å². The molecular weight excluding hydrogens is 473 g/mol. The second kappa shape index (κ2) is 10.3. The van der Waals surface area contributed by atoms with Gasteiger partial charge in [0.05, 0.1) is 16.5 Å². The molecule has 1 aliphatic rings. The summed E-state index contributed by atoms with van der Waals surface area (Å²) in [6.45, 7) is 0. The fourth-order valence-electron chi connectivity index (χ4n) is 3.74. The SMILES string of the molecule is Cn1c(CC2CCCCC2)nnc1SCC(=O)Nc1nc(-c2ccc(Cl)cc2Cl)cs1. The van der Waals surface area contributed by atoms with Gasteiger partial charge in [0, 0.05) is 29.4 Å². The van der Waals surface area contributed by atoms with Crippen molar-refractivity contribution in [3.05, 3.63) is 39.4 Å². The molecule has 6 nitrogen and oxygen atoms in total. The van der Waals surface area contributed by atoms with E-state index in [1.54, 1.807) is 12.1 Å². The Morgan fingerprint density at radius 2 is 2.06 bits per heavy atom. The molecule has 2 heterocycles. The van der Waals surface area contributed by atoms with E-state index >= 15 is 0 Å². The summed E-state index contributed by atoms with van der Waals surface area (Å²) >= 11 is 14.9. The number of rotatable bonds is 7. The number of carbonyl (C=O) groups excluding carboxylic acids is 1. The molecule has 0 spiro atoms. The zero-order chi connectivity index (χ0) is 21.8. The third-order valence-electron chi connectivity index (χ3n) is 5.41. The van der Waals surface area contributed by atoms with Gasteiger partial charge in [0.1, 0.15) is 5.82 Å². The number of aromatic nitrogens is 4. The average Bonchev–Trinajstić information content (AvgIpc) is 3.34. The van der Waals surface area contributed by atoms with Crippen molar-refractivity contribution in [2.24, 2.45) is 13.0 Å². The van der Waals surface area contributed by atoms with E-state index in [4.69, 9.17) is 23.2 Å². The molecular formula is C21H23Cl2N5OS2. The minimum atomic E-state index is -0.134. The van der Waals surface area contributed by atoms with Gasteiger partial charge in [-0.25, -0.2) is 4.98 Å². The number of carbonyl (C=O) groups is 1. The molecule has 0 atom stereocenters. The number of amides is 1. The van der Waals surface area contributed by atoms with Crippen molar-refractivity contribution in [2.45, 2.75) is 43.7 Å². The van der Waals surface area contributed by atoms with E-state index in [-0.39, 0.29) is 11.7 Å². The zero-order valence-electron chi connectivity index (χ0n) is 17.1. The fourth-order valence-corrected chi connectivity index (χ4v) is 5.70. The van der Waals surface area contributed by atoms with Crippen molar-refractivity contribution in [3.63, 3.8) is 0 Å². The predicted molar refractivity (Wildman–Crippen MR) is 128 cm³/mol. The Hall–Kier alpha value is -1.61. The molecule has 2 aromatic heterocycles. The van der Waals surface area contributed by atoms with Crippen LogP contribution < -0.4 is 5.32 Å². The number of benzene rings is 1. The van der Waals surface area contributed by atoms with Crippen LogP contribution in [0.4, 0.5) is 5.13 Å². The summed E-state index contributed by atoms with van der Waals surface area (Å²) in [5, 5.41) is 15.7. The molecule has 1 aromatic carbocycles. The summed E-state index contributed by atoms with van der Waals surface area (Å²) in [4.78, 5) is 16.9. The number of nitrogens with one attached hydrogen (secondary N) is 1. The van der Waals surface area contributed by atoms with Gasteiger partial charge in [-0.05, 0) is 24.1 Å². The molecule has 10 heteroatoms. The highest BCUT2D eigenvalue weighted by Crippen LogP contribution is 2.32. The maximum absolute atomic E-state index is 12.4. The molecule has 1 N–H and O–H groups in total. The van der Waals surface area contributed by atoms with Crippen molar-refractivity contribution < 1.29 is 4.79 Å². The van der Waals surface area contributed by atoms with Gasteiger partial charge < -0.3 is 9.88 Å². The van der Waals surface area contributed by atoms with Gasteiger partial charge in [0.2, 0.25) is 5.91 Å². The topological polar surface area (TPSA) is 72.7 Å². The van der Waals surface area contributed by atoms with Crippen LogP contribution in [0.2, 0.25) is 10.0 Å². The summed E-state index contributed by atoms with van der Waals surface area (Å²) < 4.78 is 2.01. The van der Waals surface area contributed by atoms with Crippen molar-refractivity contribution in [2.75, 3.05) is 11.1 Å². The van der Waals surface area contributed by atoms with E-state index in [0.29, 0.717) is 26.8 Å². The van der Waals surface area contributed by atoms with E-state index in [0.717, 1.165) is 23.0 Å². The summed E-state index contributed by atoms with van der Waals surface area (Å²) in [6.07, 6.45) is 7.48. The molecule has 0 radical (unpaired) electrons. The Balaban J connectivity index is 1.31. The van der Waals surface area contributed by atoms with Crippen LogP contribution in [-0.2, 0) is 18.3 Å². The van der Waals surface area contributed by atoms with Crippen LogP contribution in [0.25, 0.3) is 11.3 Å². The zero-order valence-corrected chi connectivity index (χ0v) is 20.3. The van der Waals surface area contributed by atoms with E-state index in [1.807, 2.05) is 23.1 Å². The second-order valence-electron chi connectivity index (χ2n) is 7.66. The second-order valence-corrected chi connectivity index (χ2v) is 10.3. The van der Waals surface area contributed by atoms with Crippen LogP contribution >= 0.6 is 46.3 Å². The Labute approximate surface area is 199 Å². The molecule has 31 heavy (non-hydrogen) atoms. The van der Waals surface area contributed by atoms with Gasteiger partial charge in [-0.2, -0.15) is 0 Å². The number of hydrogen-bond donors (Lipinski definition) is 1. The van der Waals surface area contributed by atoms with Crippen molar-refractivity contribution in [1.82, 2.24) is 19.7 Å². The Morgan fingerprint density at radius 1 is 1.26 bits per heavy atom. The van der Waals surface area contributed by atoms with E-state index < -0.39 is 0 Å². The van der Waals surface area contributed by atoms with E-state index in [2.05, 4.69) is 20.5 Å². The third kappa shape index (κ3) is 5.80. The molecule has 0 saturated heterocycles. The molecule has 1 saturated carbocycles. The molecule has 4 rings (SSSR count). The summed E-state index contributed by atoms with van der Waals surface area (Å²) in [5.74, 6) is 1.81. The number of anilines is 1. The maximum Gasteiger partial charge on any atom is 0.236 e. The first-order valence-electron chi connectivity index (χ1n) is 10.2. The standard InChI is InChI=1S/C21H23Cl2N5OS2/c1-28-18(9-13-5-3-2-4-6-13)26-27-21(28)31-12-19(29)25-20-24-17(11-30-20)15-8-7-14(22)10-16(15)23/h7-8,10-11,13H,2-6,9,12H2,1H3,(H,24,25,29).